The fourth-order valence-electron chi connectivity index (χ4n) is 8.20. The molecule has 0 rings (SSSR count). The highest BCUT2D eigenvalue weighted by Crippen LogP contribution is 2.19. The van der Waals surface area contributed by atoms with E-state index in [2.05, 4.69) is 32.6 Å². The van der Waals surface area contributed by atoms with Crippen molar-refractivity contribution >= 4 is 12.3 Å². The van der Waals surface area contributed by atoms with E-state index in [9.17, 15) is 14.7 Å². The molecular formula is C53H107NO5. The van der Waals surface area contributed by atoms with E-state index >= 15 is 0 Å². The minimum atomic E-state index is 0.0160. The van der Waals surface area contributed by atoms with Crippen molar-refractivity contribution in [2.75, 3.05) is 33.4 Å². The molecule has 0 radical (unpaired) electrons. The van der Waals surface area contributed by atoms with E-state index in [1.54, 1.807) is 0 Å². The van der Waals surface area contributed by atoms with Crippen molar-refractivity contribution < 1.29 is 24.2 Å². The molecule has 1 N–H and O–H groups in total. The van der Waals surface area contributed by atoms with Crippen LogP contribution >= 0.6 is 0 Å². The Morgan fingerprint density at radius 2 is 0.797 bits per heavy atom. The normalized spacial score (nSPS) is 11.5. The number of unbranched alkanes of at least 4 members (excludes halogenated alkanes) is 29. The number of hydrogen-bond donors (Lipinski definition) is 1. The molecule has 0 unspecified atom stereocenters. The lowest BCUT2D eigenvalue weighted by molar-refractivity contribution is -0.150. The molecule has 0 aromatic carbocycles. The van der Waals surface area contributed by atoms with Gasteiger partial charge >= 0.3 is 5.97 Å². The first-order valence-electron chi connectivity index (χ1n) is 26.5. The Kier molecular flexibility index (Phi) is 54.2. The van der Waals surface area contributed by atoms with Crippen LogP contribution < -0.4 is 0 Å². The first-order chi connectivity index (χ1) is 29.0. The Bertz CT molecular complexity index is 762. The lowest BCUT2D eigenvalue weighted by atomic mass is 10.0. The SMILES string of the molecule is CCCCCCCCC(CCCCCCCC)OC.CCCCCCCCC(CCCCCCCC)OC(=O)CCCCCCCN(CCO)CCCCCCCC=O. The third-order valence-corrected chi connectivity index (χ3v) is 12.2. The predicted octanol–water partition coefficient (Wildman–Crippen LogP) is 16.1. The monoisotopic (exact) mass is 838 g/mol. The highest BCUT2D eigenvalue weighted by atomic mass is 16.5. The van der Waals surface area contributed by atoms with Crippen LogP contribution in [-0.4, -0.2) is 67.8 Å². The molecule has 59 heavy (non-hydrogen) atoms. The van der Waals surface area contributed by atoms with Gasteiger partial charge in [0.1, 0.15) is 12.4 Å². The molecule has 0 aliphatic carbocycles. The summed E-state index contributed by atoms with van der Waals surface area (Å²) < 4.78 is 11.6. The van der Waals surface area contributed by atoms with Gasteiger partial charge in [-0.2, -0.15) is 0 Å². The number of aliphatic hydroxyl groups is 1. The van der Waals surface area contributed by atoms with Crippen molar-refractivity contribution in [2.45, 2.75) is 297 Å². The van der Waals surface area contributed by atoms with E-state index in [0.29, 0.717) is 18.9 Å². The van der Waals surface area contributed by atoms with Crippen LogP contribution in [0.2, 0.25) is 0 Å². The van der Waals surface area contributed by atoms with Gasteiger partial charge in [-0.3, -0.25) is 4.79 Å². The summed E-state index contributed by atoms with van der Waals surface area (Å²) in [7, 11) is 1.89. The molecule has 0 spiro atoms. The quantitative estimate of drug-likeness (QED) is 0.0374. The molecular weight excluding hydrogens is 731 g/mol. The van der Waals surface area contributed by atoms with Crippen molar-refractivity contribution in [3.63, 3.8) is 0 Å². The van der Waals surface area contributed by atoms with E-state index in [1.165, 1.54) is 193 Å². The summed E-state index contributed by atoms with van der Waals surface area (Å²) in [5.41, 5.74) is 0. The second-order valence-corrected chi connectivity index (χ2v) is 18.0. The van der Waals surface area contributed by atoms with E-state index in [1.807, 2.05) is 7.11 Å². The van der Waals surface area contributed by atoms with Crippen molar-refractivity contribution in [3.8, 4) is 0 Å². The van der Waals surface area contributed by atoms with Gasteiger partial charge < -0.3 is 24.3 Å². The van der Waals surface area contributed by atoms with E-state index < -0.39 is 0 Å². The van der Waals surface area contributed by atoms with Gasteiger partial charge in [-0.15, -0.1) is 0 Å². The molecule has 0 bridgehead atoms. The van der Waals surface area contributed by atoms with Crippen LogP contribution in [0.1, 0.15) is 285 Å². The molecule has 6 heteroatoms. The third-order valence-electron chi connectivity index (χ3n) is 12.2. The summed E-state index contributed by atoms with van der Waals surface area (Å²) in [6.45, 7) is 12.2. The second kappa shape index (κ2) is 53.2. The maximum atomic E-state index is 12.6. The molecule has 0 aliphatic heterocycles. The zero-order chi connectivity index (χ0) is 43.5. The minimum absolute atomic E-state index is 0.0160. The number of nitrogens with zero attached hydrogens (tertiary/aromatic N) is 1. The Hall–Kier alpha value is -0.980. The molecule has 0 amide bonds. The molecule has 0 heterocycles. The van der Waals surface area contributed by atoms with Gasteiger partial charge in [0.05, 0.1) is 12.7 Å². The summed E-state index contributed by atoms with van der Waals surface area (Å²) in [6, 6.07) is 0. The Morgan fingerprint density at radius 1 is 0.458 bits per heavy atom. The fraction of sp³-hybridized carbons (Fsp3) is 0.962. The summed E-state index contributed by atoms with van der Waals surface area (Å²) in [4.78, 5) is 25.3. The summed E-state index contributed by atoms with van der Waals surface area (Å²) in [6.07, 6.45) is 50.9. The zero-order valence-corrected chi connectivity index (χ0v) is 40.9. The van der Waals surface area contributed by atoms with Crippen molar-refractivity contribution in [2.24, 2.45) is 0 Å². The van der Waals surface area contributed by atoms with Crippen molar-refractivity contribution in [1.82, 2.24) is 4.90 Å². The van der Waals surface area contributed by atoms with Crippen LogP contribution in [0.5, 0.6) is 0 Å². The third kappa shape index (κ3) is 49.6. The number of aliphatic hydroxyl groups excluding tert-OH is 1. The Labute approximate surface area is 370 Å². The Balaban J connectivity index is 0. The maximum absolute atomic E-state index is 12.6. The van der Waals surface area contributed by atoms with Gasteiger partial charge in [0.25, 0.3) is 0 Å². The number of aldehydes is 1. The Morgan fingerprint density at radius 3 is 1.17 bits per heavy atom. The summed E-state index contributed by atoms with van der Waals surface area (Å²) in [5, 5.41) is 9.39. The number of carbonyl (C=O) groups is 2. The van der Waals surface area contributed by atoms with Crippen LogP contribution in [0, 0.1) is 0 Å². The van der Waals surface area contributed by atoms with Crippen molar-refractivity contribution in [1.29, 1.82) is 0 Å². The van der Waals surface area contributed by atoms with Gasteiger partial charge in [0.15, 0.2) is 0 Å². The van der Waals surface area contributed by atoms with Crippen LogP contribution in [0.4, 0.5) is 0 Å². The molecule has 6 nitrogen and oxygen atoms in total. The summed E-state index contributed by atoms with van der Waals surface area (Å²) in [5.74, 6) is 0.0160. The molecule has 0 fully saturated rings. The van der Waals surface area contributed by atoms with Gasteiger partial charge in [-0.1, -0.05) is 207 Å². The average molecular weight is 838 g/mol. The van der Waals surface area contributed by atoms with Crippen LogP contribution in [0.15, 0.2) is 0 Å². The molecule has 0 saturated heterocycles. The molecule has 0 aromatic rings. The van der Waals surface area contributed by atoms with E-state index in [4.69, 9.17) is 9.47 Å². The predicted molar refractivity (Wildman–Crippen MR) is 258 cm³/mol. The number of rotatable bonds is 48. The minimum Gasteiger partial charge on any atom is -0.462 e. The number of ether oxygens (including phenoxy) is 2. The lowest BCUT2D eigenvalue weighted by Gasteiger charge is -2.21. The zero-order valence-electron chi connectivity index (χ0n) is 40.9. The first-order valence-corrected chi connectivity index (χ1v) is 26.5. The standard InChI is InChI=1S/C35H69NO4.C18H38O/c1-3-5-7-9-14-20-26-34(27-21-15-10-8-6-4-2)40-35(39)28-22-16-13-18-24-30-36(31-33-38)29-23-17-11-12-19-25-32-37;1-4-6-8-10-12-14-16-18(19-3)17-15-13-11-9-7-5-2/h32,34,38H,3-31,33H2,1-2H3;18H,4-17H2,1-3H3. The molecule has 0 saturated carbocycles. The highest BCUT2D eigenvalue weighted by molar-refractivity contribution is 5.69. The largest absolute Gasteiger partial charge is 0.462 e. The highest BCUT2D eigenvalue weighted by Gasteiger charge is 2.14. The summed E-state index contributed by atoms with van der Waals surface area (Å²) >= 11 is 0. The maximum Gasteiger partial charge on any atom is 0.306 e. The lowest BCUT2D eigenvalue weighted by Crippen LogP contribution is -2.29. The molecule has 0 aliphatic rings. The van der Waals surface area contributed by atoms with E-state index in [-0.39, 0.29) is 18.7 Å². The van der Waals surface area contributed by atoms with Crippen LogP contribution in [-0.2, 0) is 19.1 Å². The van der Waals surface area contributed by atoms with Gasteiger partial charge in [-0.05, 0) is 77.3 Å². The number of carbonyl (C=O) groups excluding carboxylic acids is 2. The first kappa shape index (κ1) is 60.1. The fourth-order valence-corrected chi connectivity index (χ4v) is 8.20. The number of methoxy groups -OCH3 is 1. The van der Waals surface area contributed by atoms with Crippen molar-refractivity contribution in [3.05, 3.63) is 0 Å². The second-order valence-electron chi connectivity index (χ2n) is 18.0. The van der Waals surface area contributed by atoms with Gasteiger partial charge in [0.2, 0.25) is 0 Å². The van der Waals surface area contributed by atoms with E-state index in [0.717, 1.165) is 77.3 Å². The van der Waals surface area contributed by atoms with Crippen LogP contribution in [0.25, 0.3) is 0 Å². The topological polar surface area (TPSA) is 76.1 Å². The molecule has 0 aromatic heterocycles. The average Bonchev–Trinajstić information content (AvgIpc) is 3.24. The number of hydrogen-bond acceptors (Lipinski definition) is 6. The molecule has 0 atom stereocenters. The van der Waals surface area contributed by atoms with Gasteiger partial charge in [-0.25, -0.2) is 0 Å². The van der Waals surface area contributed by atoms with Crippen LogP contribution in [0.3, 0.4) is 0 Å². The molecule has 354 valence electrons. The number of esters is 1. The van der Waals surface area contributed by atoms with Gasteiger partial charge in [0, 0.05) is 26.5 Å². The smallest absolute Gasteiger partial charge is 0.306 e.